The van der Waals surface area contributed by atoms with E-state index in [1.807, 2.05) is 0 Å². The van der Waals surface area contributed by atoms with Gasteiger partial charge in [-0.3, -0.25) is 14.6 Å². The number of hydrogen-bond donors (Lipinski definition) is 3. The standard InChI is InChI=1S/C15H21N3O4/c1-15(2,3)17-13(21)11-12(20)10(19)8-18(11)14(22)9-5-4-6-16-7-9/h4-7,10-12,19-20H,8H2,1-3H3,(H,17,21)/t10-,11-,12-/m0/s1. The van der Waals surface area contributed by atoms with Crippen molar-refractivity contribution in [2.24, 2.45) is 0 Å². The molecule has 3 N–H and O–H groups in total. The predicted octanol–water partition coefficient (Wildman–Crippen LogP) is -0.457. The van der Waals surface area contributed by atoms with Crippen LogP contribution in [0.2, 0.25) is 0 Å². The number of hydrogen-bond acceptors (Lipinski definition) is 5. The summed E-state index contributed by atoms with van der Waals surface area (Å²) in [5.41, 5.74) is -0.203. The van der Waals surface area contributed by atoms with Crippen LogP contribution in [0.5, 0.6) is 0 Å². The van der Waals surface area contributed by atoms with Gasteiger partial charge >= 0.3 is 0 Å². The summed E-state index contributed by atoms with van der Waals surface area (Å²) in [6.45, 7) is 5.30. The van der Waals surface area contributed by atoms with E-state index in [-0.39, 0.29) is 6.54 Å². The van der Waals surface area contributed by atoms with Gasteiger partial charge in [0.25, 0.3) is 5.91 Å². The Morgan fingerprint density at radius 2 is 2.05 bits per heavy atom. The summed E-state index contributed by atoms with van der Waals surface area (Å²) in [7, 11) is 0. The fourth-order valence-electron chi connectivity index (χ4n) is 2.42. The summed E-state index contributed by atoms with van der Waals surface area (Å²) in [4.78, 5) is 29.9. The molecule has 0 unspecified atom stereocenters. The van der Waals surface area contributed by atoms with Crippen molar-refractivity contribution in [2.45, 2.75) is 44.6 Å². The third kappa shape index (κ3) is 3.42. The molecular weight excluding hydrogens is 286 g/mol. The van der Waals surface area contributed by atoms with Crippen molar-refractivity contribution in [1.82, 2.24) is 15.2 Å². The maximum atomic E-state index is 12.5. The number of β-amino-alcohol motifs (C(OH)–C–C–N with tert-alkyl or cyclic N) is 1. The van der Waals surface area contributed by atoms with Crippen molar-refractivity contribution in [3.05, 3.63) is 30.1 Å². The van der Waals surface area contributed by atoms with Gasteiger partial charge in [0.2, 0.25) is 5.91 Å². The van der Waals surface area contributed by atoms with E-state index in [9.17, 15) is 19.8 Å². The van der Waals surface area contributed by atoms with Crippen LogP contribution in [0, 0.1) is 0 Å². The maximum Gasteiger partial charge on any atom is 0.256 e. The Balaban J connectivity index is 2.25. The number of nitrogens with zero attached hydrogens (tertiary/aromatic N) is 2. The van der Waals surface area contributed by atoms with Crippen molar-refractivity contribution in [3.63, 3.8) is 0 Å². The molecule has 0 radical (unpaired) electrons. The van der Waals surface area contributed by atoms with Crippen LogP contribution in [-0.4, -0.2) is 62.2 Å². The Bertz CT molecular complexity index is 556. The molecule has 0 spiro atoms. The van der Waals surface area contributed by atoms with E-state index in [1.165, 1.54) is 17.3 Å². The maximum absolute atomic E-state index is 12.5. The number of amides is 2. The number of likely N-dealkylation sites (tertiary alicyclic amines) is 1. The first-order valence-corrected chi connectivity index (χ1v) is 7.10. The molecular formula is C15H21N3O4. The first kappa shape index (κ1) is 16.4. The quantitative estimate of drug-likeness (QED) is 0.686. The lowest BCUT2D eigenvalue weighted by molar-refractivity contribution is -0.129. The summed E-state index contributed by atoms with van der Waals surface area (Å²) in [6, 6.07) is 2.06. The summed E-state index contributed by atoms with van der Waals surface area (Å²) >= 11 is 0. The van der Waals surface area contributed by atoms with E-state index >= 15 is 0 Å². The molecule has 2 rings (SSSR count). The minimum Gasteiger partial charge on any atom is -0.388 e. The number of nitrogens with one attached hydrogen (secondary N) is 1. The molecule has 1 fully saturated rings. The molecule has 3 atom stereocenters. The zero-order valence-electron chi connectivity index (χ0n) is 12.9. The second-order valence-electron chi connectivity index (χ2n) is 6.44. The Labute approximate surface area is 129 Å². The molecule has 0 aliphatic carbocycles. The largest absolute Gasteiger partial charge is 0.388 e. The van der Waals surface area contributed by atoms with Crippen LogP contribution in [0.1, 0.15) is 31.1 Å². The van der Waals surface area contributed by atoms with Gasteiger partial charge in [-0.2, -0.15) is 0 Å². The summed E-state index contributed by atoms with van der Waals surface area (Å²) in [6.07, 6.45) is 0.450. The molecule has 0 bridgehead atoms. The Hall–Kier alpha value is -1.99. The molecule has 1 aliphatic heterocycles. The van der Waals surface area contributed by atoms with Crippen molar-refractivity contribution in [1.29, 1.82) is 0 Å². The number of aromatic nitrogens is 1. The van der Waals surface area contributed by atoms with Crippen LogP contribution < -0.4 is 5.32 Å². The van der Waals surface area contributed by atoms with E-state index < -0.39 is 35.6 Å². The second-order valence-corrected chi connectivity index (χ2v) is 6.44. The van der Waals surface area contributed by atoms with Crippen molar-refractivity contribution < 1.29 is 19.8 Å². The Kier molecular flexibility index (Phi) is 4.48. The van der Waals surface area contributed by atoms with Crippen LogP contribution in [0.15, 0.2) is 24.5 Å². The van der Waals surface area contributed by atoms with E-state index in [0.717, 1.165) is 0 Å². The third-order valence-corrected chi connectivity index (χ3v) is 3.37. The lowest BCUT2D eigenvalue weighted by Crippen LogP contribution is -2.54. The predicted molar refractivity (Wildman–Crippen MR) is 79.0 cm³/mol. The van der Waals surface area contributed by atoms with Crippen LogP contribution in [0.4, 0.5) is 0 Å². The fraction of sp³-hybridized carbons (Fsp3) is 0.533. The Morgan fingerprint density at radius 3 is 2.59 bits per heavy atom. The molecule has 2 amide bonds. The number of carbonyl (C=O) groups excluding carboxylic acids is 2. The summed E-state index contributed by atoms with van der Waals surface area (Å²) < 4.78 is 0. The molecule has 0 saturated carbocycles. The minimum atomic E-state index is -1.32. The number of rotatable bonds is 2. The highest BCUT2D eigenvalue weighted by Crippen LogP contribution is 2.22. The molecule has 7 nitrogen and oxygen atoms in total. The molecule has 7 heteroatoms. The monoisotopic (exact) mass is 307 g/mol. The number of pyridine rings is 1. The highest BCUT2D eigenvalue weighted by molar-refractivity contribution is 5.98. The summed E-state index contributed by atoms with van der Waals surface area (Å²) in [5, 5.41) is 22.6. The Morgan fingerprint density at radius 1 is 1.36 bits per heavy atom. The lowest BCUT2D eigenvalue weighted by Gasteiger charge is -2.29. The zero-order chi connectivity index (χ0) is 16.5. The van der Waals surface area contributed by atoms with Crippen molar-refractivity contribution in [3.8, 4) is 0 Å². The second kappa shape index (κ2) is 6.02. The minimum absolute atomic E-state index is 0.100. The van der Waals surface area contributed by atoms with Gasteiger partial charge in [-0.15, -0.1) is 0 Å². The van der Waals surface area contributed by atoms with Gasteiger partial charge in [-0.05, 0) is 32.9 Å². The van der Waals surface area contributed by atoms with Crippen molar-refractivity contribution in [2.75, 3.05) is 6.54 Å². The van der Waals surface area contributed by atoms with Gasteiger partial charge < -0.3 is 20.4 Å². The van der Waals surface area contributed by atoms with E-state index in [4.69, 9.17) is 0 Å². The number of aliphatic hydroxyl groups is 2. The van der Waals surface area contributed by atoms with E-state index in [2.05, 4.69) is 10.3 Å². The average molecular weight is 307 g/mol. The molecule has 1 aromatic rings. The molecule has 1 saturated heterocycles. The molecule has 0 aromatic carbocycles. The molecule has 22 heavy (non-hydrogen) atoms. The van der Waals surface area contributed by atoms with Crippen LogP contribution in [-0.2, 0) is 4.79 Å². The molecule has 1 aromatic heterocycles. The topological polar surface area (TPSA) is 103 Å². The van der Waals surface area contributed by atoms with Gasteiger partial charge in [-0.25, -0.2) is 0 Å². The average Bonchev–Trinajstić information content (AvgIpc) is 2.73. The number of carbonyl (C=O) groups is 2. The van der Waals surface area contributed by atoms with Crippen molar-refractivity contribution >= 4 is 11.8 Å². The first-order valence-electron chi connectivity index (χ1n) is 7.10. The van der Waals surface area contributed by atoms with Crippen LogP contribution in [0.3, 0.4) is 0 Å². The van der Waals surface area contributed by atoms with Gasteiger partial charge in [0.05, 0.1) is 12.1 Å². The smallest absolute Gasteiger partial charge is 0.256 e. The molecule has 120 valence electrons. The van der Waals surface area contributed by atoms with Gasteiger partial charge in [0, 0.05) is 17.9 Å². The van der Waals surface area contributed by atoms with Crippen LogP contribution in [0.25, 0.3) is 0 Å². The first-order chi connectivity index (χ1) is 10.2. The lowest BCUT2D eigenvalue weighted by atomic mass is 10.1. The molecule has 2 heterocycles. The highest BCUT2D eigenvalue weighted by Gasteiger charge is 2.47. The van der Waals surface area contributed by atoms with Gasteiger partial charge in [0.15, 0.2) is 0 Å². The van der Waals surface area contributed by atoms with E-state index in [1.54, 1.807) is 32.9 Å². The SMILES string of the molecule is CC(C)(C)NC(=O)[C@@H]1[C@@H](O)[C@@H](O)CN1C(=O)c1cccnc1. The normalized spacial score (nSPS) is 25.1. The summed E-state index contributed by atoms with van der Waals surface area (Å²) in [5.74, 6) is -0.938. The highest BCUT2D eigenvalue weighted by atomic mass is 16.3. The molecule has 1 aliphatic rings. The zero-order valence-corrected chi connectivity index (χ0v) is 12.9. The van der Waals surface area contributed by atoms with E-state index in [0.29, 0.717) is 5.56 Å². The van der Waals surface area contributed by atoms with Gasteiger partial charge in [-0.1, -0.05) is 0 Å². The van der Waals surface area contributed by atoms with Gasteiger partial charge in [0.1, 0.15) is 18.2 Å². The number of aliphatic hydroxyl groups excluding tert-OH is 2. The fourth-order valence-corrected chi connectivity index (χ4v) is 2.42. The van der Waals surface area contributed by atoms with Crippen LogP contribution >= 0.6 is 0 Å². The third-order valence-electron chi connectivity index (χ3n) is 3.37.